The minimum absolute atomic E-state index is 0.498. The molecule has 3 aromatic rings. The van der Waals surface area contributed by atoms with Crippen LogP contribution in [0.1, 0.15) is 28.7 Å². The third kappa shape index (κ3) is 3.87. The van der Waals surface area contributed by atoms with Gasteiger partial charge >= 0.3 is 0 Å². The molecular formula is C24H22N4S. The zero-order valence-electron chi connectivity index (χ0n) is 16.2. The highest BCUT2D eigenvalue weighted by molar-refractivity contribution is 8.03. The quantitative estimate of drug-likeness (QED) is 0.639. The summed E-state index contributed by atoms with van der Waals surface area (Å²) in [6.45, 7) is 2.03. The summed E-state index contributed by atoms with van der Waals surface area (Å²) < 4.78 is 1.91. The second-order valence-electron chi connectivity index (χ2n) is 7.59. The lowest BCUT2D eigenvalue weighted by molar-refractivity contribution is 0.239. The van der Waals surface area contributed by atoms with E-state index in [9.17, 15) is 5.26 Å². The number of allylic oxidation sites excluding steroid dienone is 1. The largest absolute Gasteiger partial charge is 0.286 e. The van der Waals surface area contributed by atoms with Gasteiger partial charge in [0.2, 0.25) is 0 Å². The second-order valence-corrected chi connectivity index (χ2v) is 8.90. The number of hydrogen-bond donors (Lipinski definition) is 0. The van der Waals surface area contributed by atoms with Crippen molar-refractivity contribution in [3.8, 4) is 11.8 Å². The molecule has 3 heterocycles. The van der Waals surface area contributed by atoms with Crippen molar-refractivity contribution >= 4 is 11.8 Å². The molecule has 5 rings (SSSR count). The Hall–Kier alpha value is -2.81. The summed E-state index contributed by atoms with van der Waals surface area (Å²) in [6, 6.07) is 19.0. The molecule has 2 aliphatic heterocycles. The highest BCUT2D eigenvalue weighted by Crippen LogP contribution is 2.38. The Morgan fingerprint density at radius 1 is 1.14 bits per heavy atom. The topological polar surface area (TPSA) is 44.9 Å². The van der Waals surface area contributed by atoms with Gasteiger partial charge in [0.15, 0.2) is 0 Å². The van der Waals surface area contributed by atoms with E-state index in [-0.39, 0.29) is 0 Å². The van der Waals surface area contributed by atoms with Crippen LogP contribution in [0.3, 0.4) is 0 Å². The molecule has 0 radical (unpaired) electrons. The van der Waals surface area contributed by atoms with Gasteiger partial charge < -0.3 is 0 Å². The van der Waals surface area contributed by atoms with E-state index >= 15 is 0 Å². The maximum absolute atomic E-state index is 9.19. The SMILES string of the molecule is N#Cc1ccc2c(c1)CN(C1CC=C(Cc3cccc(-n4cccn4)c3)S1)CC2. The van der Waals surface area contributed by atoms with Gasteiger partial charge in [0.05, 0.1) is 22.7 Å². The van der Waals surface area contributed by atoms with Crippen LogP contribution in [0.25, 0.3) is 5.69 Å². The van der Waals surface area contributed by atoms with Gasteiger partial charge in [0.1, 0.15) is 0 Å². The van der Waals surface area contributed by atoms with Gasteiger partial charge in [-0.25, -0.2) is 4.68 Å². The number of aromatic nitrogens is 2. The Morgan fingerprint density at radius 2 is 2.10 bits per heavy atom. The third-order valence-electron chi connectivity index (χ3n) is 5.68. The Morgan fingerprint density at radius 3 is 2.97 bits per heavy atom. The summed E-state index contributed by atoms with van der Waals surface area (Å²) in [6.07, 6.45) is 9.31. The molecule has 1 unspecified atom stereocenters. The van der Waals surface area contributed by atoms with E-state index in [1.165, 1.54) is 21.6 Å². The van der Waals surface area contributed by atoms with Crippen molar-refractivity contribution in [1.29, 1.82) is 5.26 Å². The molecule has 0 saturated carbocycles. The standard InChI is InChI=1S/C24H22N4S/c25-16-19-5-6-20-9-12-27(17-21(20)13-19)24-8-7-23(29-24)15-18-3-1-4-22(14-18)28-11-2-10-26-28/h1-7,10-11,13-14,24H,8-9,12,15,17H2. The van der Waals surface area contributed by atoms with Crippen LogP contribution in [-0.4, -0.2) is 26.6 Å². The van der Waals surface area contributed by atoms with Crippen molar-refractivity contribution in [2.24, 2.45) is 0 Å². The number of thioether (sulfide) groups is 1. The van der Waals surface area contributed by atoms with Crippen LogP contribution >= 0.6 is 11.8 Å². The molecule has 0 N–H and O–H groups in total. The van der Waals surface area contributed by atoms with Crippen LogP contribution in [0.4, 0.5) is 0 Å². The first-order chi connectivity index (χ1) is 14.3. The normalized spacial score (nSPS) is 18.9. The van der Waals surface area contributed by atoms with Gasteiger partial charge in [-0.05, 0) is 64.8 Å². The van der Waals surface area contributed by atoms with Crippen LogP contribution in [0.2, 0.25) is 0 Å². The molecule has 29 heavy (non-hydrogen) atoms. The fourth-order valence-electron chi connectivity index (χ4n) is 4.17. The Labute approximate surface area is 175 Å². The summed E-state index contributed by atoms with van der Waals surface area (Å²) in [5.41, 5.74) is 5.90. The van der Waals surface area contributed by atoms with E-state index in [0.29, 0.717) is 5.37 Å². The number of hydrogen-bond acceptors (Lipinski definition) is 4. The summed E-state index contributed by atoms with van der Waals surface area (Å²) in [5, 5.41) is 14.0. The lowest BCUT2D eigenvalue weighted by Gasteiger charge is -2.33. The molecule has 0 bridgehead atoms. The Bertz CT molecular complexity index is 1090. The molecule has 1 atom stereocenters. The van der Waals surface area contributed by atoms with Crippen molar-refractivity contribution in [1.82, 2.24) is 14.7 Å². The van der Waals surface area contributed by atoms with Crippen LogP contribution in [-0.2, 0) is 19.4 Å². The van der Waals surface area contributed by atoms with Crippen LogP contribution in [0.5, 0.6) is 0 Å². The number of fused-ring (bicyclic) bond motifs is 1. The van der Waals surface area contributed by atoms with Crippen LogP contribution < -0.4 is 0 Å². The van der Waals surface area contributed by atoms with E-state index in [0.717, 1.165) is 43.6 Å². The van der Waals surface area contributed by atoms with Crippen molar-refractivity contribution in [3.63, 3.8) is 0 Å². The summed E-state index contributed by atoms with van der Waals surface area (Å²) in [4.78, 5) is 4.02. The van der Waals surface area contributed by atoms with Gasteiger partial charge in [0, 0.05) is 31.9 Å². The average molecular weight is 399 g/mol. The van der Waals surface area contributed by atoms with E-state index in [1.54, 1.807) is 0 Å². The molecule has 0 aliphatic carbocycles. The molecular weight excluding hydrogens is 376 g/mol. The molecule has 2 aromatic carbocycles. The first kappa shape index (κ1) is 18.2. The first-order valence-electron chi connectivity index (χ1n) is 9.99. The minimum Gasteiger partial charge on any atom is -0.286 e. The highest BCUT2D eigenvalue weighted by atomic mass is 32.2. The van der Waals surface area contributed by atoms with Gasteiger partial charge in [0.25, 0.3) is 0 Å². The molecule has 0 amide bonds. The number of rotatable bonds is 4. The zero-order chi connectivity index (χ0) is 19.6. The Kier molecular flexibility index (Phi) is 4.97. The molecule has 2 aliphatic rings. The summed E-state index contributed by atoms with van der Waals surface area (Å²) >= 11 is 2.00. The monoisotopic (exact) mass is 398 g/mol. The van der Waals surface area contributed by atoms with Crippen molar-refractivity contribution in [2.75, 3.05) is 6.54 Å². The number of nitrogens with zero attached hydrogens (tertiary/aromatic N) is 4. The maximum atomic E-state index is 9.19. The fraction of sp³-hybridized carbons (Fsp3) is 0.250. The highest BCUT2D eigenvalue weighted by Gasteiger charge is 2.27. The molecule has 5 heteroatoms. The van der Waals surface area contributed by atoms with Gasteiger partial charge in [-0.2, -0.15) is 10.4 Å². The van der Waals surface area contributed by atoms with E-state index < -0.39 is 0 Å². The van der Waals surface area contributed by atoms with Crippen LogP contribution in [0.15, 0.2) is 71.9 Å². The lowest BCUT2D eigenvalue weighted by atomic mass is 9.97. The zero-order valence-corrected chi connectivity index (χ0v) is 17.0. The van der Waals surface area contributed by atoms with Crippen molar-refractivity contribution in [2.45, 2.75) is 31.2 Å². The molecule has 0 saturated heterocycles. The van der Waals surface area contributed by atoms with E-state index in [1.807, 2.05) is 41.0 Å². The van der Waals surface area contributed by atoms with Gasteiger partial charge in [-0.15, -0.1) is 11.8 Å². The fourth-order valence-corrected chi connectivity index (χ4v) is 5.48. The molecule has 144 valence electrons. The maximum Gasteiger partial charge on any atom is 0.0991 e. The summed E-state index contributed by atoms with van der Waals surface area (Å²) in [7, 11) is 0. The molecule has 0 fully saturated rings. The predicted molar refractivity (Wildman–Crippen MR) is 117 cm³/mol. The smallest absolute Gasteiger partial charge is 0.0991 e. The summed E-state index contributed by atoms with van der Waals surface area (Å²) in [5.74, 6) is 0. The molecule has 4 nitrogen and oxygen atoms in total. The van der Waals surface area contributed by atoms with E-state index in [4.69, 9.17) is 0 Å². The van der Waals surface area contributed by atoms with Crippen LogP contribution in [0, 0.1) is 11.3 Å². The minimum atomic E-state index is 0.498. The third-order valence-corrected chi connectivity index (χ3v) is 7.05. The predicted octanol–water partition coefficient (Wildman–Crippen LogP) is 4.69. The van der Waals surface area contributed by atoms with Gasteiger partial charge in [-0.1, -0.05) is 24.3 Å². The van der Waals surface area contributed by atoms with Crippen molar-refractivity contribution in [3.05, 3.63) is 94.2 Å². The number of nitriles is 1. The average Bonchev–Trinajstić information content (AvgIpc) is 3.46. The number of benzene rings is 2. The second kappa shape index (κ2) is 7.90. The molecule has 0 spiro atoms. The lowest BCUT2D eigenvalue weighted by Crippen LogP contribution is -2.36. The molecule has 1 aromatic heterocycles. The Balaban J connectivity index is 1.24. The first-order valence-corrected chi connectivity index (χ1v) is 10.9. The van der Waals surface area contributed by atoms with Crippen molar-refractivity contribution < 1.29 is 0 Å². The van der Waals surface area contributed by atoms with E-state index in [2.05, 4.69) is 58.5 Å². The van der Waals surface area contributed by atoms with Gasteiger partial charge in [-0.3, -0.25) is 4.90 Å².